The monoisotopic (exact) mass is 370 g/mol. The lowest BCUT2D eigenvalue weighted by Crippen LogP contribution is -2.44. The summed E-state index contributed by atoms with van der Waals surface area (Å²) in [6.45, 7) is 9.11. The summed E-state index contributed by atoms with van der Waals surface area (Å²) >= 11 is 0. The molecule has 1 fully saturated rings. The van der Waals surface area contributed by atoms with Gasteiger partial charge in [0.2, 0.25) is 5.91 Å². The van der Waals surface area contributed by atoms with E-state index in [4.69, 9.17) is 9.47 Å². The van der Waals surface area contributed by atoms with Crippen LogP contribution in [0.5, 0.6) is 0 Å². The molecule has 0 saturated carbocycles. The van der Waals surface area contributed by atoms with Gasteiger partial charge in [-0.15, -0.1) is 0 Å². The molecular weight excluding hydrogens is 332 g/mol. The van der Waals surface area contributed by atoms with Gasteiger partial charge in [0.05, 0.1) is 19.8 Å². The summed E-state index contributed by atoms with van der Waals surface area (Å²) in [6.07, 6.45) is 6.22. The van der Waals surface area contributed by atoms with E-state index in [1.54, 1.807) is 7.05 Å². The van der Waals surface area contributed by atoms with Crippen molar-refractivity contribution in [3.05, 3.63) is 0 Å². The van der Waals surface area contributed by atoms with Gasteiger partial charge in [0, 0.05) is 45.8 Å². The number of nitrogens with one attached hydrogen (secondary N) is 2. The predicted molar refractivity (Wildman–Crippen MR) is 106 cm³/mol. The second kappa shape index (κ2) is 14.8. The molecule has 7 heteroatoms. The van der Waals surface area contributed by atoms with Crippen LogP contribution in [0, 0.1) is 0 Å². The fourth-order valence-electron chi connectivity index (χ4n) is 2.93. The van der Waals surface area contributed by atoms with Crippen molar-refractivity contribution in [2.45, 2.75) is 58.4 Å². The van der Waals surface area contributed by atoms with Crippen molar-refractivity contribution in [3.63, 3.8) is 0 Å². The average Bonchev–Trinajstić information content (AvgIpc) is 2.65. The molecule has 0 spiro atoms. The maximum Gasteiger partial charge on any atom is 0.224 e. The van der Waals surface area contributed by atoms with Gasteiger partial charge in [0.25, 0.3) is 0 Å². The molecule has 0 aromatic rings. The Morgan fingerprint density at radius 1 is 1.12 bits per heavy atom. The van der Waals surface area contributed by atoms with Crippen molar-refractivity contribution in [1.29, 1.82) is 0 Å². The summed E-state index contributed by atoms with van der Waals surface area (Å²) in [5, 5.41) is 6.38. The van der Waals surface area contributed by atoms with E-state index in [1.807, 2.05) is 4.90 Å². The Hall–Kier alpha value is -1.34. The largest absolute Gasteiger partial charge is 0.379 e. The van der Waals surface area contributed by atoms with Crippen molar-refractivity contribution in [1.82, 2.24) is 15.5 Å². The van der Waals surface area contributed by atoms with Crippen LogP contribution in [-0.4, -0.2) is 75.9 Å². The number of likely N-dealkylation sites (tertiary alicyclic amines) is 1. The van der Waals surface area contributed by atoms with Gasteiger partial charge in [-0.3, -0.25) is 9.79 Å². The van der Waals surface area contributed by atoms with Crippen molar-refractivity contribution in [2.24, 2.45) is 4.99 Å². The lowest BCUT2D eigenvalue weighted by atomic mass is 10.0. The Morgan fingerprint density at radius 2 is 1.85 bits per heavy atom. The smallest absolute Gasteiger partial charge is 0.224 e. The number of amides is 1. The third kappa shape index (κ3) is 9.97. The second-order valence-corrected chi connectivity index (χ2v) is 6.69. The lowest BCUT2D eigenvalue weighted by molar-refractivity contribution is -0.134. The molecule has 1 heterocycles. The van der Waals surface area contributed by atoms with E-state index in [0.29, 0.717) is 51.3 Å². The van der Waals surface area contributed by atoms with Crippen molar-refractivity contribution in [3.8, 4) is 0 Å². The van der Waals surface area contributed by atoms with E-state index < -0.39 is 0 Å². The van der Waals surface area contributed by atoms with Crippen LogP contribution < -0.4 is 10.6 Å². The number of nitrogens with zero attached hydrogens (tertiary/aromatic N) is 2. The fourth-order valence-corrected chi connectivity index (χ4v) is 2.93. The standard InChI is InChI=1S/C19H38N4O3/c1-4-5-13-25-15-16-26-14-11-22-19(20-3)21-10-9-18(24)23-12-7-6-8-17(23)2/h17H,4-16H2,1-3H3,(H2,20,21,22). The zero-order valence-corrected chi connectivity index (χ0v) is 16.9. The molecule has 1 saturated heterocycles. The van der Waals surface area contributed by atoms with Crippen LogP contribution in [0.3, 0.4) is 0 Å². The molecular formula is C19H38N4O3. The number of carbonyl (C=O) groups is 1. The highest BCUT2D eigenvalue weighted by atomic mass is 16.5. The zero-order chi connectivity index (χ0) is 19.0. The first kappa shape index (κ1) is 22.7. The Kier molecular flexibility index (Phi) is 12.9. The van der Waals surface area contributed by atoms with Gasteiger partial charge in [0.1, 0.15) is 0 Å². The summed E-state index contributed by atoms with van der Waals surface area (Å²) in [5.41, 5.74) is 0. The summed E-state index contributed by atoms with van der Waals surface area (Å²) in [7, 11) is 1.73. The summed E-state index contributed by atoms with van der Waals surface area (Å²) in [4.78, 5) is 18.5. The van der Waals surface area contributed by atoms with Crippen LogP contribution in [0.4, 0.5) is 0 Å². The summed E-state index contributed by atoms with van der Waals surface area (Å²) < 4.78 is 11.0. The van der Waals surface area contributed by atoms with Gasteiger partial charge < -0.3 is 25.0 Å². The number of unbranched alkanes of at least 4 members (excludes halogenated alkanes) is 1. The Bertz CT molecular complexity index is 404. The predicted octanol–water partition coefficient (Wildman–Crippen LogP) is 1.78. The fraction of sp³-hybridized carbons (Fsp3) is 0.895. The summed E-state index contributed by atoms with van der Waals surface area (Å²) in [5.74, 6) is 0.929. The van der Waals surface area contributed by atoms with Gasteiger partial charge >= 0.3 is 0 Å². The van der Waals surface area contributed by atoms with E-state index in [-0.39, 0.29) is 5.91 Å². The number of piperidine rings is 1. The molecule has 1 aliphatic rings. The molecule has 0 bridgehead atoms. The number of hydrogen-bond acceptors (Lipinski definition) is 4. The number of hydrogen-bond donors (Lipinski definition) is 2. The van der Waals surface area contributed by atoms with Gasteiger partial charge in [-0.1, -0.05) is 13.3 Å². The molecule has 0 radical (unpaired) electrons. The highest BCUT2D eigenvalue weighted by molar-refractivity contribution is 5.81. The number of rotatable bonds is 12. The van der Waals surface area contributed by atoms with Gasteiger partial charge in [-0.05, 0) is 32.6 Å². The van der Waals surface area contributed by atoms with Crippen molar-refractivity contribution >= 4 is 11.9 Å². The van der Waals surface area contributed by atoms with Crippen molar-refractivity contribution < 1.29 is 14.3 Å². The molecule has 1 atom stereocenters. The van der Waals surface area contributed by atoms with Crippen LogP contribution in [0.15, 0.2) is 4.99 Å². The molecule has 1 amide bonds. The van der Waals surface area contributed by atoms with Crippen LogP contribution in [0.25, 0.3) is 0 Å². The third-order valence-corrected chi connectivity index (χ3v) is 4.53. The van der Waals surface area contributed by atoms with E-state index in [1.165, 1.54) is 6.42 Å². The van der Waals surface area contributed by atoms with E-state index in [9.17, 15) is 4.79 Å². The topological polar surface area (TPSA) is 75.2 Å². The SMILES string of the molecule is CCCCOCCOCCNC(=NC)NCCC(=O)N1CCCCC1C. The minimum atomic E-state index is 0.228. The van der Waals surface area contributed by atoms with Crippen LogP contribution in [0.1, 0.15) is 52.4 Å². The first-order chi connectivity index (χ1) is 12.7. The number of carbonyl (C=O) groups excluding carboxylic acids is 1. The average molecular weight is 371 g/mol. The van der Waals surface area contributed by atoms with Gasteiger partial charge in [-0.2, -0.15) is 0 Å². The Morgan fingerprint density at radius 3 is 2.54 bits per heavy atom. The van der Waals surface area contributed by atoms with Crippen LogP contribution in [0.2, 0.25) is 0 Å². The van der Waals surface area contributed by atoms with E-state index in [2.05, 4.69) is 29.5 Å². The first-order valence-electron chi connectivity index (χ1n) is 10.1. The van der Waals surface area contributed by atoms with Gasteiger partial charge in [0.15, 0.2) is 5.96 Å². The zero-order valence-electron chi connectivity index (χ0n) is 16.9. The van der Waals surface area contributed by atoms with E-state index in [0.717, 1.165) is 38.8 Å². The third-order valence-electron chi connectivity index (χ3n) is 4.53. The van der Waals surface area contributed by atoms with Gasteiger partial charge in [-0.25, -0.2) is 0 Å². The molecule has 7 nitrogen and oxygen atoms in total. The maximum atomic E-state index is 12.3. The molecule has 0 aliphatic carbocycles. The quantitative estimate of drug-likeness (QED) is 0.311. The second-order valence-electron chi connectivity index (χ2n) is 6.69. The molecule has 1 aliphatic heterocycles. The number of guanidine groups is 1. The highest BCUT2D eigenvalue weighted by Crippen LogP contribution is 2.16. The van der Waals surface area contributed by atoms with E-state index >= 15 is 0 Å². The lowest BCUT2D eigenvalue weighted by Gasteiger charge is -2.33. The maximum absolute atomic E-state index is 12.3. The first-order valence-corrected chi connectivity index (χ1v) is 10.1. The van der Waals surface area contributed by atoms with Crippen LogP contribution in [-0.2, 0) is 14.3 Å². The number of aliphatic imine (C=N–C) groups is 1. The highest BCUT2D eigenvalue weighted by Gasteiger charge is 2.22. The number of ether oxygens (including phenoxy) is 2. The Labute approximate surface area is 158 Å². The molecule has 0 aromatic heterocycles. The molecule has 1 rings (SSSR count). The molecule has 152 valence electrons. The molecule has 26 heavy (non-hydrogen) atoms. The minimum Gasteiger partial charge on any atom is -0.379 e. The molecule has 2 N–H and O–H groups in total. The Balaban J connectivity index is 2.03. The van der Waals surface area contributed by atoms with Crippen LogP contribution >= 0.6 is 0 Å². The van der Waals surface area contributed by atoms with Crippen molar-refractivity contribution in [2.75, 3.05) is 53.1 Å². The molecule has 0 aromatic carbocycles. The molecule has 1 unspecified atom stereocenters. The minimum absolute atomic E-state index is 0.228. The normalized spacial score (nSPS) is 18.0. The summed E-state index contributed by atoms with van der Waals surface area (Å²) in [6, 6.07) is 0.372.